The molecule has 170 valence electrons. The molecule has 0 saturated carbocycles. The van der Waals surface area contributed by atoms with Crippen molar-refractivity contribution in [2.24, 2.45) is 0 Å². The zero-order valence-corrected chi connectivity index (χ0v) is 19.4. The molecule has 0 spiro atoms. The van der Waals surface area contributed by atoms with E-state index in [0.717, 1.165) is 48.9 Å². The van der Waals surface area contributed by atoms with E-state index in [0.29, 0.717) is 17.0 Å². The highest BCUT2D eigenvalue weighted by Gasteiger charge is 2.24. The predicted octanol–water partition coefficient (Wildman–Crippen LogP) is 4.58. The molecule has 2 heterocycles. The number of rotatable bonds is 7. The first-order chi connectivity index (χ1) is 16.0. The first-order valence-electron chi connectivity index (χ1n) is 11.2. The normalized spacial score (nSPS) is 13.9. The van der Waals surface area contributed by atoms with Crippen molar-refractivity contribution in [3.05, 3.63) is 64.3 Å². The van der Waals surface area contributed by atoms with Crippen LogP contribution in [0.15, 0.2) is 42.7 Å². The summed E-state index contributed by atoms with van der Waals surface area (Å²) in [7, 11) is 0. The molecule has 8 heteroatoms. The summed E-state index contributed by atoms with van der Waals surface area (Å²) in [4.78, 5) is 26.1. The molecule has 1 amide bonds. The number of nitriles is 1. The Bertz CT molecular complexity index is 1180. The van der Waals surface area contributed by atoms with E-state index in [2.05, 4.69) is 16.5 Å². The minimum Gasteiger partial charge on any atom is -0.453 e. The molecule has 0 radical (unpaired) electrons. The molecule has 1 aliphatic carbocycles. The maximum absolute atomic E-state index is 12.6. The summed E-state index contributed by atoms with van der Waals surface area (Å²) in [6.07, 6.45) is 8.40. The van der Waals surface area contributed by atoms with Gasteiger partial charge in [0.2, 0.25) is 0 Å². The van der Waals surface area contributed by atoms with Crippen molar-refractivity contribution in [1.82, 2.24) is 9.78 Å². The number of fused-ring (bicyclic) bond motifs is 1. The quantitative estimate of drug-likeness (QED) is 0.410. The van der Waals surface area contributed by atoms with E-state index >= 15 is 0 Å². The molecular weight excluding hydrogens is 436 g/mol. The maximum Gasteiger partial charge on any atom is 0.306 e. The fourth-order valence-electron chi connectivity index (χ4n) is 3.93. The van der Waals surface area contributed by atoms with E-state index in [4.69, 9.17) is 4.74 Å². The molecule has 0 aliphatic heterocycles. The smallest absolute Gasteiger partial charge is 0.306 e. The molecule has 0 bridgehead atoms. The fraction of sp³-hybridized carbons (Fsp3) is 0.360. The van der Waals surface area contributed by atoms with Gasteiger partial charge in [-0.05, 0) is 62.3 Å². The highest BCUT2D eigenvalue weighted by molar-refractivity contribution is 7.16. The molecule has 0 fully saturated rings. The van der Waals surface area contributed by atoms with Crippen LogP contribution in [-0.4, -0.2) is 27.8 Å². The number of ether oxygens (including phenoxy) is 1. The minimum absolute atomic E-state index is 0.148. The molecule has 7 nitrogen and oxygen atoms in total. The Morgan fingerprint density at radius 1 is 1.24 bits per heavy atom. The number of thiophene rings is 1. The van der Waals surface area contributed by atoms with Gasteiger partial charge in [-0.1, -0.05) is 24.6 Å². The lowest BCUT2D eigenvalue weighted by Crippen LogP contribution is -2.30. The Labute approximate surface area is 197 Å². The number of amides is 1. The summed E-state index contributed by atoms with van der Waals surface area (Å²) in [5, 5.41) is 17.3. The first-order valence-corrected chi connectivity index (χ1v) is 12.0. The molecule has 33 heavy (non-hydrogen) atoms. The van der Waals surface area contributed by atoms with Crippen molar-refractivity contribution >= 4 is 28.2 Å². The van der Waals surface area contributed by atoms with Gasteiger partial charge in [0.15, 0.2) is 6.10 Å². The average Bonchev–Trinajstić information content (AvgIpc) is 3.35. The van der Waals surface area contributed by atoms with Crippen LogP contribution in [0.3, 0.4) is 0 Å². The highest BCUT2D eigenvalue weighted by atomic mass is 32.1. The standard InChI is InChI=1S/C25H26N4O3S/c1-17(24(31)28-25-21(14-26)20-10-6-3-7-11-22(20)33-25)32-23(30)13-12-18-15-27-29(16-18)19-8-4-2-5-9-19/h2,4-5,8-9,15-17H,3,6-7,10-13H2,1H3,(H,28,31). The van der Waals surface area contributed by atoms with Gasteiger partial charge in [0.05, 0.1) is 17.4 Å². The van der Waals surface area contributed by atoms with Crippen LogP contribution in [-0.2, 0) is 33.6 Å². The number of anilines is 1. The van der Waals surface area contributed by atoms with Gasteiger partial charge in [-0.2, -0.15) is 10.4 Å². The summed E-state index contributed by atoms with van der Waals surface area (Å²) in [5.41, 5.74) is 3.47. The number of para-hydroxylation sites is 1. The van der Waals surface area contributed by atoms with Crippen LogP contribution in [0.4, 0.5) is 5.00 Å². The van der Waals surface area contributed by atoms with E-state index in [9.17, 15) is 14.9 Å². The number of aromatic nitrogens is 2. The van der Waals surface area contributed by atoms with Crippen LogP contribution in [0, 0.1) is 11.3 Å². The number of esters is 1. The minimum atomic E-state index is -0.946. The second-order valence-electron chi connectivity index (χ2n) is 8.13. The van der Waals surface area contributed by atoms with Gasteiger partial charge in [0.25, 0.3) is 5.91 Å². The molecular formula is C25H26N4O3S. The molecule has 1 atom stereocenters. The topological polar surface area (TPSA) is 97.0 Å². The second-order valence-corrected chi connectivity index (χ2v) is 9.24. The van der Waals surface area contributed by atoms with Crippen molar-refractivity contribution in [3.8, 4) is 11.8 Å². The number of benzene rings is 1. The third-order valence-corrected chi connectivity index (χ3v) is 6.93. The van der Waals surface area contributed by atoms with Gasteiger partial charge in [0, 0.05) is 17.5 Å². The lowest BCUT2D eigenvalue weighted by atomic mass is 10.1. The predicted molar refractivity (Wildman–Crippen MR) is 126 cm³/mol. The molecule has 0 saturated heterocycles. The van der Waals surface area contributed by atoms with Crippen molar-refractivity contribution in [1.29, 1.82) is 5.26 Å². The Hall–Kier alpha value is -3.44. The van der Waals surface area contributed by atoms with Crippen molar-refractivity contribution in [3.63, 3.8) is 0 Å². The van der Waals surface area contributed by atoms with E-state index in [-0.39, 0.29) is 6.42 Å². The lowest BCUT2D eigenvalue weighted by molar-refractivity contribution is -0.153. The molecule has 1 aliphatic rings. The Kier molecular flexibility index (Phi) is 7.20. The molecule has 1 N–H and O–H groups in total. The zero-order chi connectivity index (χ0) is 23.2. The third-order valence-electron chi connectivity index (χ3n) is 5.72. The van der Waals surface area contributed by atoms with Gasteiger partial charge >= 0.3 is 5.97 Å². The average molecular weight is 463 g/mol. The molecule has 1 unspecified atom stereocenters. The number of nitrogens with zero attached hydrogens (tertiary/aromatic N) is 3. The van der Waals surface area contributed by atoms with E-state index in [1.807, 2.05) is 36.5 Å². The largest absolute Gasteiger partial charge is 0.453 e. The van der Waals surface area contributed by atoms with Crippen molar-refractivity contribution in [2.75, 3.05) is 5.32 Å². The molecule has 2 aromatic heterocycles. The molecule has 4 rings (SSSR count). The Morgan fingerprint density at radius 2 is 2.03 bits per heavy atom. The number of nitrogens with one attached hydrogen (secondary N) is 1. The summed E-state index contributed by atoms with van der Waals surface area (Å²) in [6, 6.07) is 12.0. The number of aryl methyl sites for hydroxylation is 2. The maximum atomic E-state index is 12.6. The van der Waals surface area contributed by atoms with Gasteiger partial charge in [-0.3, -0.25) is 9.59 Å². The molecule has 3 aromatic rings. The van der Waals surface area contributed by atoms with Crippen LogP contribution in [0.2, 0.25) is 0 Å². The van der Waals surface area contributed by atoms with E-state index in [1.54, 1.807) is 17.8 Å². The van der Waals surface area contributed by atoms with Crippen LogP contribution >= 0.6 is 11.3 Å². The SMILES string of the molecule is CC(OC(=O)CCc1cnn(-c2ccccc2)c1)C(=O)Nc1sc2c(c1C#N)CCCCC2. The summed E-state index contributed by atoms with van der Waals surface area (Å²) < 4.78 is 7.09. The second kappa shape index (κ2) is 10.5. The van der Waals surface area contributed by atoms with E-state index in [1.165, 1.54) is 16.2 Å². The Morgan fingerprint density at radius 3 is 2.82 bits per heavy atom. The summed E-state index contributed by atoms with van der Waals surface area (Å²) in [5.74, 6) is -0.874. The van der Waals surface area contributed by atoms with Gasteiger partial charge < -0.3 is 10.1 Å². The van der Waals surface area contributed by atoms with Gasteiger partial charge in [0.1, 0.15) is 11.1 Å². The van der Waals surface area contributed by atoms with Crippen molar-refractivity contribution < 1.29 is 14.3 Å². The third kappa shape index (κ3) is 5.49. The monoisotopic (exact) mass is 462 g/mol. The van der Waals surface area contributed by atoms with Crippen molar-refractivity contribution in [2.45, 2.75) is 58.0 Å². The number of hydrogen-bond acceptors (Lipinski definition) is 6. The lowest BCUT2D eigenvalue weighted by Gasteiger charge is -2.13. The number of hydrogen-bond donors (Lipinski definition) is 1. The number of carbonyl (C=O) groups is 2. The summed E-state index contributed by atoms with van der Waals surface area (Å²) >= 11 is 1.47. The molecule has 1 aromatic carbocycles. The van der Waals surface area contributed by atoms with Gasteiger partial charge in [-0.25, -0.2) is 4.68 Å². The van der Waals surface area contributed by atoms with Crippen LogP contribution < -0.4 is 5.32 Å². The van der Waals surface area contributed by atoms with E-state index < -0.39 is 18.0 Å². The van der Waals surface area contributed by atoms with Crippen LogP contribution in [0.5, 0.6) is 0 Å². The Balaban J connectivity index is 1.30. The van der Waals surface area contributed by atoms with Crippen LogP contribution in [0.25, 0.3) is 5.69 Å². The zero-order valence-electron chi connectivity index (χ0n) is 18.5. The van der Waals surface area contributed by atoms with Crippen LogP contribution in [0.1, 0.15) is 54.2 Å². The number of carbonyl (C=O) groups excluding carboxylic acids is 2. The first kappa shape index (κ1) is 22.7. The summed E-state index contributed by atoms with van der Waals surface area (Å²) in [6.45, 7) is 1.55. The fourth-order valence-corrected chi connectivity index (χ4v) is 5.17. The van der Waals surface area contributed by atoms with Gasteiger partial charge in [-0.15, -0.1) is 11.3 Å². The highest BCUT2D eigenvalue weighted by Crippen LogP contribution is 2.37.